The van der Waals surface area contributed by atoms with Gasteiger partial charge in [-0.25, -0.2) is 4.98 Å². The molecule has 0 aliphatic heterocycles. The molecular weight excluding hydrogens is 328 g/mol. The fraction of sp³-hybridized carbons (Fsp3) is 0.786. The zero-order chi connectivity index (χ0) is 18.1. The van der Waals surface area contributed by atoms with Crippen LogP contribution in [-0.2, 0) is 7.05 Å². The van der Waals surface area contributed by atoms with Crippen LogP contribution in [0.3, 0.4) is 0 Å². The molecule has 0 aromatic carbocycles. The molecule has 0 radical (unpaired) electrons. The molecule has 0 saturated carbocycles. The lowest BCUT2D eigenvalue weighted by Crippen LogP contribution is -2.39. The maximum absolute atomic E-state index is 5.04. The maximum atomic E-state index is 5.04. The molecule has 0 N–H and O–H groups in total. The van der Waals surface area contributed by atoms with E-state index >= 15 is 0 Å². The second kappa shape index (κ2) is 8.19. The molecule has 134 valence electrons. The van der Waals surface area contributed by atoms with Crippen molar-refractivity contribution in [1.29, 1.82) is 0 Å². The maximum Gasteiger partial charge on any atom is 0.205 e. The summed E-state index contributed by atoms with van der Waals surface area (Å²) in [5.41, 5.74) is 2.50. The number of hydrogen-bond acceptors (Lipinski definition) is 6. The van der Waals surface area contributed by atoms with Gasteiger partial charge in [0.1, 0.15) is 10.9 Å². The Morgan fingerprint density at radius 2 is 1.09 bits per heavy atom. The van der Waals surface area contributed by atoms with Gasteiger partial charge in [0.05, 0.1) is 16.4 Å². The molecule has 23 heavy (non-hydrogen) atoms. The van der Waals surface area contributed by atoms with Gasteiger partial charge in [-0.1, -0.05) is 0 Å². The normalized spacial score (nSPS) is 12.7. The molecule has 0 aliphatic rings. The van der Waals surface area contributed by atoms with Crippen molar-refractivity contribution in [3.63, 3.8) is 0 Å². The first-order chi connectivity index (χ1) is 10.5. The molecule has 1 aromatic rings. The number of rotatable bonds is 7. The zero-order valence-electron chi connectivity index (χ0n) is 16.5. The minimum Gasteiger partial charge on any atom is -0.348 e. The van der Waals surface area contributed by atoms with E-state index in [2.05, 4.69) is 106 Å². The van der Waals surface area contributed by atoms with Crippen LogP contribution < -0.4 is 15.8 Å². The smallest absolute Gasteiger partial charge is 0.205 e. The highest BCUT2D eigenvalue weighted by molar-refractivity contribution is 7.67. The third-order valence-electron chi connectivity index (χ3n) is 3.32. The first-order valence-electron chi connectivity index (χ1n) is 7.53. The molecule has 0 aliphatic carbocycles. The average molecular weight is 361 g/mol. The molecule has 0 amide bonds. The average Bonchev–Trinajstić information content (AvgIpc) is 2.67. The van der Waals surface area contributed by atoms with Crippen LogP contribution in [-0.4, -0.2) is 98.7 Å². The summed E-state index contributed by atoms with van der Waals surface area (Å²) in [4.78, 5) is 7.12. The Morgan fingerprint density at radius 1 is 0.696 bits per heavy atom. The van der Waals surface area contributed by atoms with E-state index in [0.717, 1.165) is 5.95 Å². The Morgan fingerprint density at radius 3 is 1.39 bits per heavy atom. The van der Waals surface area contributed by atoms with Crippen LogP contribution in [0, 0.1) is 0 Å². The molecule has 1 heterocycles. The summed E-state index contributed by atoms with van der Waals surface area (Å²) in [7, 11) is 22.1. The van der Waals surface area contributed by atoms with Crippen molar-refractivity contribution in [3.05, 3.63) is 0 Å². The Hall–Kier alpha value is -0.290. The first kappa shape index (κ1) is 20.8. The Balaban J connectivity index is 3.64. The molecule has 1 aromatic heterocycles. The fourth-order valence-corrected chi connectivity index (χ4v) is 7.27. The van der Waals surface area contributed by atoms with Crippen molar-refractivity contribution in [3.8, 4) is 0 Å². The van der Waals surface area contributed by atoms with E-state index in [-0.39, 0.29) is 0 Å². The quantitative estimate of drug-likeness (QED) is 0.662. The standard InChI is InChI=1S/C14H33N7P2/c1-16(2)14-15-12(22(17(3)4)18(5)6)13(21(14)11)23(19(7)8)20(9)10/h1-11H3. The van der Waals surface area contributed by atoms with E-state index in [1.54, 1.807) is 0 Å². The number of nitrogens with zero attached hydrogens (tertiary/aromatic N) is 7. The van der Waals surface area contributed by atoms with E-state index in [0.29, 0.717) is 0 Å². The van der Waals surface area contributed by atoms with E-state index in [1.165, 1.54) is 10.9 Å². The third-order valence-corrected chi connectivity index (χ3v) is 8.11. The SMILES string of the molecule is CN(C)c1nc(P(N(C)C)N(C)C)c(P(N(C)C)N(C)C)n1C. The summed E-state index contributed by atoms with van der Waals surface area (Å²) in [5.74, 6) is 1.00. The van der Waals surface area contributed by atoms with Gasteiger partial charge in [0, 0.05) is 21.1 Å². The molecule has 0 unspecified atom stereocenters. The van der Waals surface area contributed by atoms with Crippen molar-refractivity contribution < 1.29 is 0 Å². The number of hydrogen-bond donors (Lipinski definition) is 0. The topological polar surface area (TPSA) is 34.0 Å². The van der Waals surface area contributed by atoms with Gasteiger partial charge in [0.15, 0.2) is 0 Å². The summed E-state index contributed by atoms with van der Waals surface area (Å²) in [6.07, 6.45) is 0. The molecule has 0 spiro atoms. The second-order valence-corrected chi connectivity index (χ2v) is 11.7. The molecule has 9 heteroatoms. The molecule has 0 bridgehead atoms. The molecule has 0 saturated heterocycles. The van der Waals surface area contributed by atoms with E-state index in [1.807, 2.05) is 0 Å². The summed E-state index contributed by atoms with van der Waals surface area (Å²) in [6, 6.07) is 0. The van der Waals surface area contributed by atoms with Crippen LogP contribution >= 0.6 is 16.4 Å². The van der Waals surface area contributed by atoms with Crippen molar-refractivity contribution in [1.82, 2.24) is 28.2 Å². The largest absolute Gasteiger partial charge is 0.348 e. The Kier molecular flexibility index (Phi) is 7.39. The Labute approximate surface area is 144 Å². The van der Waals surface area contributed by atoms with Crippen molar-refractivity contribution in [2.75, 3.05) is 75.4 Å². The number of aromatic nitrogens is 2. The van der Waals surface area contributed by atoms with E-state index < -0.39 is 16.4 Å². The van der Waals surface area contributed by atoms with Crippen molar-refractivity contribution in [2.24, 2.45) is 7.05 Å². The van der Waals surface area contributed by atoms with Gasteiger partial charge in [-0.2, -0.15) is 0 Å². The van der Waals surface area contributed by atoms with E-state index in [4.69, 9.17) is 4.98 Å². The predicted octanol–water partition coefficient (Wildman–Crippen LogP) is 0.607. The lowest BCUT2D eigenvalue weighted by atomic mass is 10.8. The lowest BCUT2D eigenvalue weighted by molar-refractivity contribution is 0.579. The minimum atomic E-state index is -0.626. The van der Waals surface area contributed by atoms with Crippen LogP contribution in [0.2, 0.25) is 0 Å². The highest BCUT2D eigenvalue weighted by Gasteiger charge is 2.33. The van der Waals surface area contributed by atoms with Crippen molar-refractivity contribution >= 4 is 33.3 Å². The van der Waals surface area contributed by atoms with Gasteiger partial charge in [0.2, 0.25) is 5.95 Å². The van der Waals surface area contributed by atoms with Gasteiger partial charge in [0.25, 0.3) is 0 Å². The van der Waals surface area contributed by atoms with Gasteiger partial charge < -0.3 is 9.47 Å². The van der Waals surface area contributed by atoms with Crippen LogP contribution in [0.5, 0.6) is 0 Å². The lowest BCUT2D eigenvalue weighted by Gasteiger charge is -2.34. The molecule has 0 atom stereocenters. The monoisotopic (exact) mass is 361 g/mol. The highest BCUT2D eigenvalue weighted by Crippen LogP contribution is 2.44. The van der Waals surface area contributed by atoms with Crippen molar-refractivity contribution in [2.45, 2.75) is 0 Å². The molecule has 7 nitrogen and oxygen atoms in total. The summed E-state index contributed by atoms with van der Waals surface area (Å²) in [5, 5.41) is 0. The predicted molar refractivity (Wildman–Crippen MR) is 105 cm³/mol. The minimum absolute atomic E-state index is 0.598. The van der Waals surface area contributed by atoms with Gasteiger partial charge in [-0.05, 0) is 56.4 Å². The van der Waals surface area contributed by atoms with Gasteiger partial charge in [-0.3, -0.25) is 18.7 Å². The first-order valence-corrected chi connectivity index (χ1v) is 10.0. The molecular formula is C14H33N7P2. The molecule has 1 rings (SSSR count). The Bertz CT molecular complexity index is 495. The van der Waals surface area contributed by atoms with Crippen LogP contribution in [0.15, 0.2) is 0 Å². The fourth-order valence-electron chi connectivity index (χ4n) is 2.70. The molecule has 0 fully saturated rings. The second-order valence-electron chi connectivity index (χ2n) is 6.48. The highest BCUT2D eigenvalue weighted by atomic mass is 31.1. The third kappa shape index (κ3) is 4.41. The van der Waals surface area contributed by atoms with Gasteiger partial charge >= 0.3 is 0 Å². The summed E-state index contributed by atoms with van der Waals surface area (Å²) in [6.45, 7) is 0. The summed E-state index contributed by atoms with van der Waals surface area (Å²) >= 11 is 0. The number of anilines is 1. The van der Waals surface area contributed by atoms with Crippen LogP contribution in [0.25, 0.3) is 0 Å². The number of imidazole rings is 1. The van der Waals surface area contributed by atoms with Gasteiger partial charge in [-0.15, -0.1) is 0 Å². The summed E-state index contributed by atoms with van der Waals surface area (Å²) < 4.78 is 11.4. The zero-order valence-corrected chi connectivity index (χ0v) is 18.3. The van der Waals surface area contributed by atoms with E-state index in [9.17, 15) is 0 Å². The van der Waals surface area contributed by atoms with Crippen LogP contribution in [0.1, 0.15) is 0 Å². The van der Waals surface area contributed by atoms with Crippen LogP contribution in [0.4, 0.5) is 5.95 Å².